The first-order valence-corrected chi connectivity index (χ1v) is 6.87. The summed E-state index contributed by atoms with van der Waals surface area (Å²) in [5.74, 6) is 0.196. The maximum Gasteiger partial charge on any atom is 0.127 e. The van der Waals surface area contributed by atoms with E-state index in [4.69, 9.17) is 11.6 Å². The Morgan fingerprint density at radius 2 is 2.00 bits per heavy atom. The van der Waals surface area contributed by atoms with E-state index in [-0.39, 0.29) is 11.2 Å². The molecule has 1 unspecified atom stereocenters. The molecule has 0 aliphatic heterocycles. The Hall–Kier alpha value is -0.600. The minimum absolute atomic E-state index is 0.147. The van der Waals surface area contributed by atoms with Crippen LogP contribution >= 0.6 is 11.6 Å². The third kappa shape index (κ3) is 4.58. The molecule has 18 heavy (non-hydrogen) atoms. The van der Waals surface area contributed by atoms with Crippen molar-refractivity contribution in [1.82, 2.24) is 5.32 Å². The summed E-state index contributed by atoms with van der Waals surface area (Å²) in [6.07, 6.45) is 0.736. The molecule has 0 saturated heterocycles. The molecular weight excluding hydrogens is 249 g/mol. The Morgan fingerprint density at radius 1 is 1.33 bits per heavy atom. The molecule has 1 rings (SSSR count). The van der Waals surface area contributed by atoms with Crippen molar-refractivity contribution in [1.29, 1.82) is 0 Å². The van der Waals surface area contributed by atoms with Crippen LogP contribution in [0.15, 0.2) is 18.2 Å². The molecule has 0 saturated carbocycles. The van der Waals surface area contributed by atoms with E-state index in [2.05, 4.69) is 33.0 Å². The van der Waals surface area contributed by atoms with Gasteiger partial charge in [-0.05, 0) is 48.5 Å². The normalized spacial score (nSPS) is 13.7. The summed E-state index contributed by atoms with van der Waals surface area (Å²) in [5.41, 5.74) is 0.895. The lowest BCUT2D eigenvalue weighted by Crippen LogP contribution is -2.33. The smallest absolute Gasteiger partial charge is 0.127 e. The Balaban J connectivity index is 2.82. The molecule has 0 heterocycles. The lowest BCUT2D eigenvalue weighted by atomic mass is 9.77. The fraction of sp³-hybridized carbons (Fsp3) is 0.600. The summed E-state index contributed by atoms with van der Waals surface area (Å²) in [6.45, 7) is 10.5. The first-order valence-electron chi connectivity index (χ1n) is 6.49. The number of hydrogen-bond acceptors (Lipinski definition) is 1. The average molecular weight is 272 g/mol. The Morgan fingerprint density at radius 3 is 2.50 bits per heavy atom. The molecule has 0 aliphatic rings. The summed E-state index contributed by atoms with van der Waals surface area (Å²) in [4.78, 5) is 0. The van der Waals surface area contributed by atoms with E-state index in [0.29, 0.717) is 10.9 Å². The quantitative estimate of drug-likeness (QED) is 0.842. The zero-order valence-corrected chi connectivity index (χ0v) is 12.4. The highest BCUT2D eigenvalue weighted by atomic mass is 35.5. The first-order chi connectivity index (χ1) is 8.34. The van der Waals surface area contributed by atoms with Crippen LogP contribution in [-0.4, -0.2) is 13.1 Å². The van der Waals surface area contributed by atoms with Crippen molar-refractivity contribution in [3.63, 3.8) is 0 Å². The van der Waals surface area contributed by atoms with Crippen LogP contribution in [0.1, 0.15) is 33.3 Å². The van der Waals surface area contributed by atoms with Gasteiger partial charge in [-0.2, -0.15) is 0 Å². The van der Waals surface area contributed by atoms with Gasteiger partial charge in [-0.3, -0.25) is 0 Å². The third-order valence-electron chi connectivity index (χ3n) is 3.35. The predicted octanol–water partition coefficient (Wildman–Crippen LogP) is 4.29. The minimum atomic E-state index is -0.201. The molecule has 0 aromatic heterocycles. The van der Waals surface area contributed by atoms with Gasteiger partial charge in [-0.1, -0.05) is 45.4 Å². The molecule has 3 heteroatoms. The molecule has 102 valence electrons. The lowest BCUT2D eigenvalue weighted by Gasteiger charge is -2.31. The van der Waals surface area contributed by atoms with Gasteiger partial charge in [-0.15, -0.1) is 0 Å². The number of halogens is 2. The van der Waals surface area contributed by atoms with E-state index in [9.17, 15) is 4.39 Å². The van der Waals surface area contributed by atoms with Crippen LogP contribution < -0.4 is 5.32 Å². The molecule has 0 bridgehead atoms. The molecule has 1 nitrogen and oxygen atoms in total. The second-order valence-corrected chi connectivity index (χ2v) is 6.25. The molecule has 0 amide bonds. The lowest BCUT2D eigenvalue weighted by molar-refractivity contribution is 0.230. The van der Waals surface area contributed by atoms with Crippen LogP contribution in [0.3, 0.4) is 0 Å². The van der Waals surface area contributed by atoms with Gasteiger partial charge in [0.2, 0.25) is 0 Å². The summed E-state index contributed by atoms with van der Waals surface area (Å²) in [6, 6.07) is 4.94. The highest BCUT2D eigenvalue weighted by Crippen LogP contribution is 2.29. The van der Waals surface area contributed by atoms with Crippen LogP contribution in [0.5, 0.6) is 0 Å². The van der Waals surface area contributed by atoms with Gasteiger partial charge in [0.25, 0.3) is 0 Å². The standard InChI is InChI=1S/C15H23ClFN/c1-5-18-10-12(15(2,3)4)8-11-6-7-13(16)9-14(11)17/h6-7,9,12,18H,5,8,10H2,1-4H3. The SMILES string of the molecule is CCNCC(Cc1ccc(Cl)cc1F)C(C)(C)C. The zero-order valence-electron chi connectivity index (χ0n) is 11.7. The first kappa shape index (κ1) is 15.5. The van der Waals surface area contributed by atoms with Gasteiger partial charge >= 0.3 is 0 Å². The monoisotopic (exact) mass is 271 g/mol. The van der Waals surface area contributed by atoms with Crippen molar-refractivity contribution in [2.45, 2.75) is 34.1 Å². The van der Waals surface area contributed by atoms with E-state index in [1.165, 1.54) is 6.07 Å². The average Bonchev–Trinajstić information content (AvgIpc) is 2.25. The molecular formula is C15H23ClFN. The molecule has 0 radical (unpaired) electrons. The highest BCUT2D eigenvalue weighted by molar-refractivity contribution is 6.30. The second kappa shape index (κ2) is 6.53. The largest absolute Gasteiger partial charge is 0.317 e. The van der Waals surface area contributed by atoms with Crippen LogP contribution in [0.2, 0.25) is 5.02 Å². The number of nitrogens with one attached hydrogen (secondary N) is 1. The van der Waals surface area contributed by atoms with E-state index in [0.717, 1.165) is 25.1 Å². The summed E-state index contributed by atoms with van der Waals surface area (Å²) >= 11 is 5.77. The zero-order chi connectivity index (χ0) is 13.8. The third-order valence-corrected chi connectivity index (χ3v) is 3.58. The van der Waals surface area contributed by atoms with Crippen molar-refractivity contribution in [3.05, 3.63) is 34.6 Å². The molecule has 1 aromatic rings. The molecule has 1 N–H and O–H groups in total. The Bertz CT molecular complexity index is 385. The fourth-order valence-corrected chi connectivity index (χ4v) is 2.11. The van der Waals surface area contributed by atoms with Gasteiger partial charge in [0.1, 0.15) is 5.82 Å². The summed E-state index contributed by atoms with van der Waals surface area (Å²) < 4.78 is 13.8. The van der Waals surface area contributed by atoms with Crippen LogP contribution in [0.25, 0.3) is 0 Å². The molecule has 1 aromatic carbocycles. The van der Waals surface area contributed by atoms with Gasteiger partial charge in [0.05, 0.1) is 0 Å². The van der Waals surface area contributed by atoms with Crippen molar-refractivity contribution in [3.8, 4) is 0 Å². The fourth-order valence-electron chi connectivity index (χ4n) is 1.96. The number of rotatable bonds is 5. The van der Waals surface area contributed by atoms with Gasteiger partial charge in [0, 0.05) is 5.02 Å². The van der Waals surface area contributed by atoms with Gasteiger partial charge in [-0.25, -0.2) is 4.39 Å². The molecule has 0 aliphatic carbocycles. The molecule has 1 atom stereocenters. The second-order valence-electron chi connectivity index (χ2n) is 5.81. The van der Waals surface area contributed by atoms with E-state index in [1.807, 2.05) is 0 Å². The maximum atomic E-state index is 13.8. The number of hydrogen-bond donors (Lipinski definition) is 1. The van der Waals surface area contributed by atoms with Crippen LogP contribution in [0.4, 0.5) is 4.39 Å². The van der Waals surface area contributed by atoms with Gasteiger partial charge in [0.15, 0.2) is 0 Å². The van der Waals surface area contributed by atoms with Gasteiger partial charge < -0.3 is 5.32 Å². The van der Waals surface area contributed by atoms with Crippen LogP contribution in [0, 0.1) is 17.2 Å². The van der Waals surface area contributed by atoms with E-state index in [1.54, 1.807) is 12.1 Å². The van der Waals surface area contributed by atoms with Crippen molar-refractivity contribution in [2.24, 2.45) is 11.3 Å². The summed E-state index contributed by atoms with van der Waals surface area (Å²) in [5, 5.41) is 3.81. The molecule has 0 fully saturated rings. The van der Waals surface area contributed by atoms with Crippen molar-refractivity contribution >= 4 is 11.6 Å². The Kier molecular flexibility index (Phi) is 5.61. The predicted molar refractivity (Wildman–Crippen MR) is 76.6 cm³/mol. The van der Waals surface area contributed by atoms with Crippen LogP contribution in [-0.2, 0) is 6.42 Å². The number of benzene rings is 1. The minimum Gasteiger partial charge on any atom is -0.317 e. The summed E-state index contributed by atoms with van der Waals surface area (Å²) in [7, 11) is 0. The maximum absolute atomic E-state index is 13.8. The highest BCUT2D eigenvalue weighted by Gasteiger charge is 2.25. The van der Waals surface area contributed by atoms with E-state index >= 15 is 0 Å². The van der Waals surface area contributed by atoms with E-state index < -0.39 is 0 Å². The topological polar surface area (TPSA) is 12.0 Å². The molecule has 0 spiro atoms. The Labute approximate surface area is 115 Å². The van der Waals surface area contributed by atoms with Crippen molar-refractivity contribution in [2.75, 3.05) is 13.1 Å². The van der Waals surface area contributed by atoms with Crippen molar-refractivity contribution < 1.29 is 4.39 Å².